The molecule has 1 aromatic carbocycles. The molecule has 24 heavy (non-hydrogen) atoms. The summed E-state index contributed by atoms with van der Waals surface area (Å²) in [6.45, 7) is 5.17. The van der Waals surface area contributed by atoms with E-state index in [9.17, 15) is 14.4 Å². The van der Waals surface area contributed by atoms with Crippen LogP contribution >= 0.6 is 0 Å². The van der Waals surface area contributed by atoms with E-state index >= 15 is 0 Å². The van der Waals surface area contributed by atoms with Gasteiger partial charge >= 0.3 is 5.97 Å². The molecule has 0 unspecified atom stereocenters. The normalized spacial score (nSPS) is 13.0. The standard InChI is InChI=1S/C17H25N3O4/c1-11(2)15(20-16(22)12(3)18)17(23)19-9-14(21)24-10-13-7-5-4-6-8-13/h4-8,11-12,15H,9-10,18H2,1-3H3,(H,19,23)(H,20,22)/p+1/t12-,15-/m0/s1. The first-order chi connectivity index (χ1) is 11.3. The first-order valence-corrected chi connectivity index (χ1v) is 7.92. The molecule has 2 atom stereocenters. The number of hydrogen-bond donors (Lipinski definition) is 3. The Morgan fingerprint density at radius 2 is 1.71 bits per heavy atom. The second kappa shape index (κ2) is 9.67. The molecule has 0 bridgehead atoms. The van der Waals surface area contributed by atoms with E-state index in [-0.39, 0.29) is 25.0 Å². The molecule has 0 saturated carbocycles. The zero-order valence-corrected chi connectivity index (χ0v) is 14.4. The Morgan fingerprint density at radius 3 is 2.25 bits per heavy atom. The number of nitrogens with one attached hydrogen (secondary N) is 2. The predicted molar refractivity (Wildman–Crippen MR) is 88.4 cm³/mol. The number of hydrogen-bond acceptors (Lipinski definition) is 4. The van der Waals surface area contributed by atoms with Gasteiger partial charge < -0.3 is 21.1 Å². The van der Waals surface area contributed by atoms with E-state index < -0.39 is 24.0 Å². The zero-order chi connectivity index (χ0) is 18.1. The lowest BCUT2D eigenvalue weighted by atomic mass is 10.0. The van der Waals surface area contributed by atoms with Crippen LogP contribution in [0.1, 0.15) is 26.3 Å². The second-order valence-electron chi connectivity index (χ2n) is 6.00. The van der Waals surface area contributed by atoms with Crippen molar-refractivity contribution in [3.63, 3.8) is 0 Å². The molecule has 1 rings (SSSR count). The number of quaternary nitrogens is 1. The van der Waals surface area contributed by atoms with E-state index in [4.69, 9.17) is 4.74 Å². The van der Waals surface area contributed by atoms with Crippen LogP contribution in [0.25, 0.3) is 0 Å². The molecule has 1 aromatic rings. The lowest BCUT2D eigenvalue weighted by molar-refractivity contribution is -0.398. The van der Waals surface area contributed by atoms with Gasteiger partial charge in [0.2, 0.25) is 5.91 Å². The van der Waals surface area contributed by atoms with Crippen molar-refractivity contribution in [1.82, 2.24) is 10.6 Å². The van der Waals surface area contributed by atoms with Gasteiger partial charge in [0.25, 0.3) is 5.91 Å². The van der Waals surface area contributed by atoms with Crippen molar-refractivity contribution < 1.29 is 24.9 Å². The van der Waals surface area contributed by atoms with Gasteiger partial charge in [-0.25, -0.2) is 0 Å². The minimum absolute atomic E-state index is 0.118. The molecule has 0 aliphatic heterocycles. The van der Waals surface area contributed by atoms with Crippen LogP contribution in [0, 0.1) is 5.92 Å². The summed E-state index contributed by atoms with van der Waals surface area (Å²) in [5.74, 6) is -1.38. The summed E-state index contributed by atoms with van der Waals surface area (Å²) < 4.78 is 5.09. The van der Waals surface area contributed by atoms with E-state index in [1.807, 2.05) is 44.2 Å². The summed E-state index contributed by atoms with van der Waals surface area (Å²) in [5.41, 5.74) is 4.49. The molecule has 0 spiro atoms. The van der Waals surface area contributed by atoms with Crippen LogP contribution in [0.15, 0.2) is 30.3 Å². The molecule has 7 nitrogen and oxygen atoms in total. The zero-order valence-electron chi connectivity index (χ0n) is 14.4. The van der Waals surface area contributed by atoms with Gasteiger partial charge in [0.1, 0.15) is 19.2 Å². The number of esters is 1. The van der Waals surface area contributed by atoms with E-state index in [1.165, 1.54) is 0 Å². The van der Waals surface area contributed by atoms with Crippen LogP contribution in [0.3, 0.4) is 0 Å². The number of rotatable bonds is 8. The Bertz CT molecular complexity index is 558. The Hall–Kier alpha value is -2.41. The van der Waals surface area contributed by atoms with Crippen molar-refractivity contribution in [2.45, 2.75) is 39.5 Å². The number of carbonyl (C=O) groups excluding carboxylic acids is 3. The van der Waals surface area contributed by atoms with Crippen molar-refractivity contribution >= 4 is 17.8 Å². The van der Waals surface area contributed by atoms with Crippen molar-refractivity contribution in [2.24, 2.45) is 5.92 Å². The predicted octanol–water partition coefficient (Wildman–Crippen LogP) is -0.383. The third-order valence-corrected chi connectivity index (χ3v) is 3.34. The number of benzene rings is 1. The largest absolute Gasteiger partial charge is 0.460 e. The molecule has 2 amide bonds. The van der Waals surface area contributed by atoms with Gasteiger partial charge in [-0.15, -0.1) is 0 Å². The summed E-state index contributed by atoms with van der Waals surface area (Å²) in [5, 5.41) is 5.13. The smallest absolute Gasteiger partial charge is 0.325 e. The molecule has 0 aliphatic rings. The van der Waals surface area contributed by atoms with Crippen molar-refractivity contribution in [3.8, 4) is 0 Å². The minimum atomic E-state index is -0.719. The maximum Gasteiger partial charge on any atom is 0.325 e. The quantitative estimate of drug-likeness (QED) is 0.562. The third-order valence-electron chi connectivity index (χ3n) is 3.34. The van der Waals surface area contributed by atoms with Gasteiger partial charge in [0.05, 0.1) is 0 Å². The summed E-state index contributed by atoms with van der Waals surface area (Å²) in [7, 11) is 0. The maximum atomic E-state index is 12.2. The van der Waals surface area contributed by atoms with Crippen LogP contribution in [0.2, 0.25) is 0 Å². The molecule has 0 fully saturated rings. The van der Waals surface area contributed by atoms with Crippen molar-refractivity contribution in [1.29, 1.82) is 0 Å². The highest BCUT2D eigenvalue weighted by atomic mass is 16.5. The summed E-state index contributed by atoms with van der Waals surface area (Å²) in [6.07, 6.45) is 0. The summed E-state index contributed by atoms with van der Waals surface area (Å²) in [4.78, 5) is 35.6. The van der Waals surface area contributed by atoms with Gasteiger partial charge in [0.15, 0.2) is 6.04 Å². The number of amides is 2. The first-order valence-electron chi connectivity index (χ1n) is 7.92. The van der Waals surface area contributed by atoms with E-state index in [1.54, 1.807) is 6.92 Å². The third kappa shape index (κ3) is 6.78. The van der Waals surface area contributed by atoms with Gasteiger partial charge in [-0.05, 0) is 18.4 Å². The minimum Gasteiger partial charge on any atom is -0.460 e. The van der Waals surface area contributed by atoms with Crippen molar-refractivity contribution in [2.75, 3.05) is 6.54 Å². The molecule has 0 radical (unpaired) electrons. The fraction of sp³-hybridized carbons (Fsp3) is 0.471. The number of ether oxygens (including phenoxy) is 1. The maximum absolute atomic E-state index is 12.2. The van der Waals surface area contributed by atoms with Crippen molar-refractivity contribution in [3.05, 3.63) is 35.9 Å². The van der Waals surface area contributed by atoms with Gasteiger partial charge in [-0.3, -0.25) is 14.4 Å². The van der Waals surface area contributed by atoms with E-state index in [2.05, 4.69) is 16.4 Å². The van der Waals surface area contributed by atoms with E-state index in [0.717, 1.165) is 5.56 Å². The summed E-state index contributed by atoms with van der Waals surface area (Å²) in [6, 6.07) is 8.08. The van der Waals surface area contributed by atoms with Crippen LogP contribution < -0.4 is 16.4 Å². The molecule has 0 saturated heterocycles. The highest BCUT2D eigenvalue weighted by Gasteiger charge is 2.26. The van der Waals surface area contributed by atoms with Gasteiger partial charge in [0, 0.05) is 0 Å². The molecule has 132 valence electrons. The average molecular weight is 336 g/mol. The Balaban J connectivity index is 2.44. The monoisotopic (exact) mass is 336 g/mol. The average Bonchev–Trinajstić information content (AvgIpc) is 2.55. The molecule has 7 heteroatoms. The first kappa shape index (κ1) is 19.6. The Morgan fingerprint density at radius 1 is 1.08 bits per heavy atom. The highest BCUT2D eigenvalue weighted by Crippen LogP contribution is 2.03. The second-order valence-corrected chi connectivity index (χ2v) is 6.00. The van der Waals surface area contributed by atoms with Crippen LogP contribution in [0.4, 0.5) is 0 Å². The van der Waals surface area contributed by atoms with Gasteiger partial charge in [-0.2, -0.15) is 0 Å². The summed E-state index contributed by atoms with van der Waals surface area (Å²) >= 11 is 0. The lowest BCUT2D eigenvalue weighted by Crippen LogP contribution is -2.67. The molecule has 0 aromatic heterocycles. The lowest BCUT2D eigenvalue weighted by Gasteiger charge is -2.21. The molecule has 0 heterocycles. The van der Waals surface area contributed by atoms with Crippen LogP contribution in [-0.2, 0) is 25.7 Å². The van der Waals surface area contributed by atoms with Crippen LogP contribution in [0.5, 0.6) is 0 Å². The molecule has 5 N–H and O–H groups in total. The Kier molecular flexibility index (Phi) is 7.91. The van der Waals surface area contributed by atoms with Crippen LogP contribution in [-0.4, -0.2) is 36.4 Å². The highest BCUT2D eigenvalue weighted by molar-refractivity contribution is 5.90. The molecular weight excluding hydrogens is 310 g/mol. The van der Waals surface area contributed by atoms with E-state index in [0.29, 0.717) is 0 Å². The fourth-order valence-electron chi connectivity index (χ4n) is 1.89. The fourth-order valence-corrected chi connectivity index (χ4v) is 1.89. The molecule has 0 aliphatic carbocycles. The van der Waals surface area contributed by atoms with Gasteiger partial charge in [-0.1, -0.05) is 44.2 Å². The Labute approximate surface area is 141 Å². The molecular formula is C17H26N3O4+. The topological polar surface area (TPSA) is 112 Å². The number of carbonyl (C=O) groups is 3. The SMILES string of the molecule is CC(C)[C@H](NC(=O)[C@H](C)[NH3+])C(=O)NCC(=O)OCc1ccccc1.